The second-order valence-electron chi connectivity index (χ2n) is 8.47. The number of esters is 1. The van der Waals surface area contributed by atoms with Crippen molar-refractivity contribution in [1.29, 1.82) is 0 Å². The summed E-state index contributed by atoms with van der Waals surface area (Å²) in [5.74, 6) is -0.617. The zero-order valence-corrected chi connectivity index (χ0v) is 17.9. The molecule has 0 aliphatic heterocycles. The zero-order chi connectivity index (χ0) is 22.1. The van der Waals surface area contributed by atoms with Crippen LogP contribution in [0.15, 0.2) is 36.4 Å². The maximum atomic E-state index is 12.2. The highest BCUT2D eigenvalue weighted by molar-refractivity contribution is 6.30. The van der Waals surface area contributed by atoms with Gasteiger partial charge in [0.2, 0.25) is 0 Å². The summed E-state index contributed by atoms with van der Waals surface area (Å²) in [4.78, 5) is 23.2. The van der Waals surface area contributed by atoms with Crippen molar-refractivity contribution < 1.29 is 24.3 Å². The van der Waals surface area contributed by atoms with E-state index in [9.17, 15) is 20.0 Å². The Morgan fingerprint density at radius 2 is 2.00 bits per heavy atom. The predicted octanol–water partition coefficient (Wildman–Crippen LogP) is 4.46. The minimum absolute atomic E-state index is 0.0301. The first-order chi connectivity index (χ1) is 14.0. The Bertz CT molecular complexity index is 984. The first-order valence-corrected chi connectivity index (χ1v) is 9.97. The number of aliphatic hydroxyl groups excluding tert-OH is 1. The molecular formula is C22H24ClNO6. The Labute approximate surface area is 179 Å². The molecule has 1 N–H and O–H groups in total. The number of ether oxygens (including phenoxy) is 2. The van der Waals surface area contributed by atoms with Crippen LogP contribution in [0.4, 0.5) is 5.69 Å². The van der Waals surface area contributed by atoms with E-state index in [4.69, 9.17) is 21.1 Å². The van der Waals surface area contributed by atoms with Gasteiger partial charge in [-0.05, 0) is 69.0 Å². The van der Waals surface area contributed by atoms with Gasteiger partial charge in [-0.2, -0.15) is 0 Å². The molecule has 0 heterocycles. The molecule has 0 amide bonds. The van der Waals surface area contributed by atoms with Crippen molar-refractivity contribution in [2.45, 2.75) is 44.6 Å². The fourth-order valence-corrected chi connectivity index (χ4v) is 3.81. The summed E-state index contributed by atoms with van der Waals surface area (Å²) in [5.41, 5.74) is 0.324. The van der Waals surface area contributed by atoms with E-state index in [1.54, 1.807) is 26.8 Å². The molecular weight excluding hydrogens is 410 g/mol. The van der Waals surface area contributed by atoms with Crippen LogP contribution in [0.2, 0.25) is 5.02 Å². The summed E-state index contributed by atoms with van der Waals surface area (Å²) in [5, 5.41) is 22.3. The van der Waals surface area contributed by atoms with Crippen molar-refractivity contribution in [3.63, 3.8) is 0 Å². The van der Waals surface area contributed by atoms with Crippen molar-refractivity contribution in [1.82, 2.24) is 0 Å². The lowest BCUT2D eigenvalue weighted by Gasteiger charge is -2.28. The van der Waals surface area contributed by atoms with E-state index >= 15 is 0 Å². The molecule has 160 valence electrons. The highest BCUT2D eigenvalue weighted by Gasteiger charge is 2.39. The Morgan fingerprint density at radius 1 is 1.27 bits per heavy atom. The summed E-state index contributed by atoms with van der Waals surface area (Å²) in [6.07, 6.45) is 1.38. The van der Waals surface area contributed by atoms with Crippen LogP contribution < -0.4 is 4.74 Å². The van der Waals surface area contributed by atoms with E-state index < -0.39 is 21.9 Å². The van der Waals surface area contributed by atoms with Gasteiger partial charge in [0.05, 0.1) is 22.5 Å². The van der Waals surface area contributed by atoms with Crippen LogP contribution in [0, 0.1) is 10.1 Å². The van der Waals surface area contributed by atoms with Crippen molar-refractivity contribution in [3.8, 4) is 5.75 Å². The van der Waals surface area contributed by atoms with Crippen LogP contribution in [-0.4, -0.2) is 34.8 Å². The lowest BCUT2D eigenvalue weighted by Crippen LogP contribution is -2.35. The van der Waals surface area contributed by atoms with E-state index in [0.717, 1.165) is 23.6 Å². The third kappa shape index (κ3) is 4.57. The molecule has 0 spiro atoms. The minimum Gasteiger partial charge on any atom is -0.486 e. The molecule has 0 saturated carbocycles. The van der Waals surface area contributed by atoms with Crippen molar-refractivity contribution in [2.24, 2.45) is 0 Å². The molecule has 0 bridgehead atoms. The fraction of sp³-hybridized carbons (Fsp3) is 0.409. The van der Waals surface area contributed by atoms with Gasteiger partial charge in [-0.1, -0.05) is 17.7 Å². The van der Waals surface area contributed by atoms with Gasteiger partial charge in [0.15, 0.2) is 5.75 Å². The molecule has 30 heavy (non-hydrogen) atoms. The number of hydrogen-bond donors (Lipinski definition) is 1. The number of rotatable bonds is 6. The summed E-state index contributed by atoms with van der Waals surface area (Å²) in [7, 11) is 0. The number of fused-ring (bicyclic) bond motifs is 1. The van der Waals surface area contributed by atoms with Gasteiger partial charge in [0.25, 0.3) is 0 Å². The highest BCUT2D eigenvalue weighted by Crippen LogP contribution is 2.41. The Hall–Kier alpha value is -2.64. The summed E-state index contributed by atoms with van der Waals surface area (Å²) < 4.78 is 11.1. The molecule has 1 aliphatic carbocycles. The number of nitro benzene ring substituents is 1. The molecule has 7 nitrogen and oxygen atoms in total. The third-order valence-corrected chi connectivity index (χ3v) is 5.34. The van der Waals surface area contributed by atoms with Gasteiger partial charge in [-0.15, -0.1) is 0 Å². The molecule has 1 atom stereocenters. The van der Waals surface area contributed by atoms with Crippen LogP contribution in [0.5, 0.6) is 5.75 Å². The van der Waals surface area contributed by atoms with Crippen LogP contribution in [0.25, 0.3) is 0 Å². The standard InChI is InChI=1S/C22H24ClNO6/c1-21(2,3)30-20(26)15-4-7-19(18(11-15)24(27)28)29-13-22(12-25)9-8-14-10-16(23)5-6-17(14)22/h4-7,10-11,25H,8-9,12-13H2,1-3H3. The predicted molar refractivity (Wildman–Crippen MR) is 112 cm³/mol. The third-order valence-electron chi connectivity index (χ3n) is 5.11. The van der Waals surface area contributed by atoms with E-state index in [2.05, 4.69) is 0 Å². The van der Waals surface area contributed by atoms with Crippen LogP contribution in [0.3, 0.4) is 0 Å². The van der Waals surface area contributed by atoms with E-state index in [1.165, 1.54) is 12.1 Å². The number of halogens is 1. The average molecular weight is 434 g/mol. The molecule has 2 aromatic rings. The molecule has 1 aliphatic rings. The fourth-order valence-electron chi connectivity index (χ4n) is 3.62. The Balaban J connectivity index is 1.85. The number of benzene rings is 2. The first-order valence-electron chi connectivity index (χ1n) is 9.59. The largest absolute Gasteiger partial charge is 0.486 e. The lowest BCUT2D eigenvalue weighted by molar-refractivity contribution is -0.386. The number of aliphatic hydroxyl groups is 1. The second kappa shape index (κ2) is 8.24. The lowest BCUT2D eigenvalue weighted by atomic mass is 9.83. The molecule has 8 heteroatoms. The molecule has 0 saturated heterocycles. The summed E-state index contributed by atoms with van der Waals surface area (Å²) in [6, 6.07) is 9.47. The maximum Gasteiger partial charge on any atom is 0.338 e. The smallest absolute Gasteiger partial charge is 0.338 e. The number of carbonyl (C=O) groups is 1. The number of hydrogen-bond acceptors (Lipinski definition) is 6. The molecule has 1 unspecified atom stereocenters. The van der Waals surface area contributed by atoms with Gasteiger partial charge in [0, 0.05) is 11.1 Å². The van der Waals surface area contributed by atoms with Crippen LogP contribution in [-0.2, 0) is 16.6 Å². The van der Waals surface area contributed by atoms with E-state index in [-0.39, 0.29) is 30.2 Å². The Morgan fingerprint density at radius 3 is 2.63 bits per heavy atom. The SMILES string of the molecule is CC(C)(C)OC(=O)c1ccc(OCC2(CO)CCc3cc(Cl)ccc32)c([N+](=O)[O-])c1. The Kier molecular flexibility index (Phi) is 6.06. The topological polar surface area (TPSA) is 98.9 Å². The van der Waals surface area contributed by atoms with Crippen molar-refractivity contribution in [2.75, 3.05) is 13.2 Å². The number of carbonyl (C=O) groups excluding carboxylic acids is 1. The number of nitrogens with zero attached hydrogens (tertiary/aromatic N) is 1. The van der Waals surface area contributed by atoms with Gasteiger partial charge < -0.3 is 14.6 Å². The maximum absolute atomic E-state index is 12.2. The number of aryl methyl sites for hydroxylation is 1. The molecule has 3 rings (SSSR count). The molecule has 2 aromatic carbocycles. The first kappa shape index (κ1) is 22.1. The highest BCUT2D eigenvalue weighted by atomic mass is 35.5. The van der Waals surface area contributed by atoms with Gasteiger partial charge in [-0.3, -0.25) is 10.1 Å². The van der Waals surface area contributed by atoms with E-state index in [0.29, 0.717) is 11.4 Å². The summed E-state index contributed by atoms with van der Waals surface area (Å²) in [6.45, 7) is 5.06. The molecule has 0 radical (unpaired) electrons. The molecule has 0 aromatic heterocycles. The monoisotopic (exact) mass is 433 g/mol. The summed E-state index contributed by atoms with van der Waals surface area (Å²) >= 11 is 6.06. The van der Waals surface area contributed by atoms with Gasteiger partial charge in [-0.25, -0.2) is 4.79 Å². The minimum atomic E-state index is -0.715. The van der Waals surface area contributed by atoms with Crippen LogP contribution >= 0.6 is 11.6 Å². The zero-order valence-electron chi connectivity index (χ0n) is 17.1. The average Bonchev–Trinajstić information content (AvgIpc) is 3.03. The van der Waals surface area contributed by atoms with Gasteiger partial charge in [0.1, 0.15) is 12.2 Å². The van der Waals surface area contributed by atoms with E-state index in [1.807, 2.05) is 12.1 Å². The van der Waals surface area contributed by atoms with Gasteiger partial charge >= 0.3 is 11.7 Å². The van der Waals surface area contributed by atoms with Crippen molar-refractivity contribution in [3.05, 3.63) is 68.2 Å². The van der Waals surface area contributed by atoms with Crippen LogP contribution in [0.1, 0.15) is 48.7 Å². The van der Waals surface area contributed by atoms with Crippen molar-refractivity contribution >= 4 is 23.3 Å². The quantitative estimate of drug-likeness (QED) is 0.410. The second-order valence-corrected chi connectivity index (χ2v) is 8.91. The molecule has 0 fully saturated rings. The normalized spacial score (nSPS) is 18.0. The number of nitro groups is 1.